The molecule has 1 heterocycles. The molecule has 0 unspecified atom stereocenters. The van der Waals surface area contributed by atoms with Gasteiger partial charge in [-0.15, -0.1) is 0 Å². The zero-order valence-corrected chi connectivity index (χ0v) is 20.9. The van der Waals surface area contributed by atoms with Crippen molar-refractivity contribution in [2.45, 2.75) is 13.8 Å². The first-order valence-corrected chi connectivity index (χ1v) is 11.8. The van der Waals surface area contributed by atoms with Crippen molar-refractivity contribution in [1.29, 1.82) is 0 Å². The quantitative estimate of drug-likeness (QED) is 0.213. The number of aryl methyl sites for hydroxylation is 1. The third-order valence-corrected chi connectivity index (χ3v) is 5.90. The SMILES string of the molecule is CCN(CCO)CCNc1nc(N/N=C/c2cc(-c3c(C)cccc3Cl)cc(Cl)c2O)ncc1F. The fourth-order valence-electron chi connectivity index (χ4n) is 3.47. The van der Waals surface area contributed by atoms with Crippen LogP contribution in [0, 0.1) is 12.7 Å². The first-order chi connectivity index (χ1) is 16.8. The molecule has 0 radical (unpaired) electrons. The van der Waals surface area contributed by atoms with Crippen molar-refractivity contribution in [3.8, 4) is 16.9 Å². The summed E-state index contributed by atoms with van der Waals surface area (Å²) in [6.45, 7) is 6.33. The Bertz CT molecular complexity index is 1170. The fourth-order valence-corrected chi connectivity index (χ4v) is 4.02. The second-order valence-corrected chi connectivity index (χ2v) is 8.49. The second kappa shape index (κ2) is 12.6. The molecule has 186 valence electrons. The molecule has 1 aromatic heterocycles. The van der Waals surface area contributed by atoms with Crippen LogP contribution in [-0.2, 0) is 0 Å². The van der Waals surface area contributed by atoms with E-state index in [4.69, 9.17) is 28.3 Å². The van der Waals surface area contributed by atoms with Crippen LogP contribution in [0.3, 0.4) is 0 Å². The van der Waals surface area contributed by atoms with Crippen LogP contribution in [0.15, 0.2) is 41.6 Å². The summed E-state index contributed by atoms with van der Waals surface area (Å²) in [6.07, 6.45) is 2.40. The van der Waals surface area contributed by atoms with E-state index >= 15 is 0 Å². The van der Waals surface area contributed by atoms with Crippen LogP contribution in [0.4, 0.5) is 16.2 Å². The Labute approximate surface area is 213 Å². The number of nitrogens with one attached hydrogen (secondary N) is 2. The number of aliphatic hydroxyl groups excluding tert-OH is 1. The number of benzene rings is 2. The van der Waals surface area contributed by atoms with Gasteiger partial charge in [-0.25, -0.2) is 14.8 Å². The molecular weight excluding hydrogens is 494 g/mol. The molecule has 35 heavy (non-hydrogen) atoms. The van der Waals surface area contributed by atoms with Gasteiger partial charge in [0, 0.05) is 35.8 Å². The van der Waals surface area contributed by atoms with E-state index in [0.29, 0.717) is 30.2 Å². The predicted molar refractivity (Wildman–Crippen MR) is 139 cm³/mol. The van der Waals surface area contributed by atoms with E-state index in [9.17, 15) is 9.50 Å². The lowest BCUT2D eigenvalue weighted by molar-refractivity contribution is 0.206. The van der Waals surface area contributed by atoms with Crippen molar-refractivity contribution in [3.63, 3.8) is 0 Å². The molecular formula is C24H27Cl2FN6O2. The predicted octanol–water partition coefficient (Wildman–Crippen LogP) is 4.78. The van der Waals surface area contributed by atoms with Crippen molar-refractivity contribution in [1.82, 2.24) is 14.9 Å². The summed E-state index contributed by atoms with van der Waals surface area (Å²) in [5, 5.41) is 27.2. The number of halogens is 3. The molecule has 0 aliphatic rings. The van der Waals surface area contributed by atoms with E-state index in [1.807, 2.05) is 30.9 Å². The van der Waals surface area contributed by atoms with Crippen molar-refractivity contribution < 1.29 is 14.6 Å². The van der Waals surface area contributed by atoms with Gasteiger partial charge < -0.3 is 15.5 Å². The summed E-state index contributed by atoms with van der Waals surface area (Å²) in [4.78, 5) is 10.0. The van der Waals surface area contributed by atoms with Gasteiger partial charge in [0.15, 0.2) is 11.6 Å². The molecule has 0 aliphatic carbocycles. The van der Waals surface area contributed by atoms with Crippen LogP contribution in [-0.4, -0.2) is 64.1 Å². The largest absolute Gasteiger partial charge is 0.506 e. The monoisotopic (exact) mass is 520 g/mol. The van der Waals surface area contributed by atoms with Gasteiger partial charge >= 0.3 is 0 Å². The third kappa shape index (κ3) is 7.02. The van der Waals surface area contributed by atoms with Crippen molar-refractivity contribution in [2.75, 3.05) is 43.5 Å². The Morgan fingerprint density at radius 2 is 2.00 bits per heavy atom. The molecule has 4 N–H and O–H groups in total. The lowest BCUT2D eigenvalue weighted by atomic mass is 9.98. The van der Waals surface area contributed by atoms with Gasteiger partial charge in [0.2, 0.25) is 5.95 Å². The number of anilines is 2. The summed E-state index contributed by atoms with van der Waals surface area (Å²) >= 11 is 12.6. The molecule has 0 fully saturated rings. The van der Waals surface area contributed by atoms with E-state index in [1.165, 1.54) is 6.21 Å². The molecule has 0 saturated heterocycles. The highest BCUT2D eigenvalue weighted by atomic mass is 35.5. The Hall–Kier alpha value is -2.98. The second-order valence-electron chi connectivity index (χ2n) is 7.67. The van der Waals surface area contributed by atoms with Gasteiger partial charge in [-0.1, -0.05) is 42.3 Å². The number of rotatable bonds is 11. The highest BCUT2D eigenvalue weighted by Gasteiger charge is 2.13. The number of aliphatic hydroxyl groups is 1. The van der Waals surface area contributed by atoms with Gasteiger partial charge in [0.05, 0.1) is 24.0 Å². The van der Waals surface area contributed by atoms with Gasteiger partial charge in [0.25, 0.3) is 0 Å². The summed E-state index contributed by atoms with van der Waals surface area (Å²) < 4.78 is 14.1. The summed E-state index contributed by atoms with van der Waals surface area (Å²) in [6, 6.07) is 8.92. The van der Waals surface area contributed by atoms with E-state index in [-0.39, 0.29) is 29.1 Å². The minimum Gasteiger partial charge on any atom is -0.506 e. The number of aromatic nitrogens is 2. The number of phenols is 1. The smallest absolute Gasteiger partial charge is 0.245 e. The van der Waals surface area contributed by atoms with Crippen LogP contribution in [0.2, 0.25) is 10.0 Å². The standard InChI is InChI=1S/C24H27Cl2FN6O2/c1-3-33(9-10-34)8-7-28-23-20(27)14-29-24(31-23)32-30-13-17-11-16(12-19(26)22(17)35)21-15(2)5-4-6-18(21)25/h4-6,11-14,34-35H,3,7-10H2,1-2H3,(H2,28,29,31,32)/b30-13+. The normalized spacial score (nSPS) is 11.4. The fraction of sp³-hybridized carbons (Fsp3) is 0.292. The van der Waals surface area contributed by atoms with Crippen LogP contribution in [0.1, 0.15) is 18.1 Å². The number of hydrogen-bond acceptors (Lipinski definition) is 8. The lowest BCUT2D eigenvalue weighted by Crippen LogP contribution is -2.31. The molecule has 3 aromatic rings. The zero-order valence-electron chi connectivity index (χ0n) is 19.4. The molecule has 8 nitrogen and oxygen atoms in total. The van der Waals surface area contributed by atoms with E-state index in [2.05, 4.69) is 25.8 Å². The van der Waals surface area contributed by atoms with Gasteiger partial charge in [-0.05, 0) is 42.8 Å². The topological polar surface area (TPSA) is 106 Å². The van der Waals surface area contributed by atoms with E-state index < -0.39 is 5.82 Å². The van der Waals surface area contributed by atoms with Crippen molar-refractivity contribution in [2.24, 2.45) is 5.10 Å². The lowest BCUT2D eigenvalue weighted by Gasteiger charge is -2.19. The van der Waals surface area contributed by atoms with Crippen LogP contribution < -0.4 is 10.7 Å². The van der Waals surface area contributed by atoms with Crippen LogP contribution >= 0.6 is 23.2 Å². The summed E-state index contributed by atoms with van der Waals surface area (Å²) in [5.41, 5.74) is 5.47. The van der Waals surface area contributed by atoms with Gasteiger partial charge in [-0.3, -0.25) is 4.90 Å². The summed E-state index contributed by atoms with van der Waals surface area (Å²) in [5.74, 6) is -0.648. The summed E-state index contributed by atoms with van der Waals surface area (Å²) in [7, 11) is 0. The molecule has 0 bridgehead atoms. The number of aromatic hydroxyl groups is 1. The minimum atomic E-state index is -0.600. The molecule has 11 heteroatoms. The Balaban J connectivity index is 1.73. The average Bonchev–Trinajstić information content (AvgIpc) is 2.83. The Kier molecular flexibility index (Phi) is 9.62. The van der Waals surface area contributed by atoms with Crippen LogP contribution in [0.25, 0.3) is 11.1 Å². The molecule has 0 saturated carbocycles. The molecule has 2 aromatic carbocycles. The maximum atomic E-state index is 14.1. The third-order valence-electron chi connectivity index (χ3n) is 5.30. The number of nitrogens with zero attached hydrogens (tertiary/aromatic N) is 4. The van der Waals surface area contributed by atoms with Crippen molar-refractivity contribution in [3.05, 3.63) is 63.5 Å². The molecule has 0 spiro atoms. The van der Waals surface area contributed by atoms with Crippen molar-refractivity contribution >= 4 is 41.2 Å². The number of phenolic OH excluding ortho intramolecular Hbond substituents is 1. The Morgan fingerprint density at radius 1 is 1.20 bits per heavy atom. The molecule has 0 amide bonds. The highest BCUT2D eigenvalue weighted by Crippen LogP contribution is 2.37. The Morgan fingerprint density at radius 3 is 2.71 bits per heavy atom. The minimum absolute atomic E-state index is 0.0276. The average molecular weight is 521 g/mol. The maximum absolute atomic E-state index is 14.1. The number of hydrogen-bond donors (Lipinski definition) is 4. The van der Waals surface area contributed by atoms with Gasteiger partial charge in [0.1, 0.15) is 5.75 Å². The zero-order chi connectivity index (χ0) is 25.4. The van der Waals surface area contributed by atoms with E-state index in [1.54, 1.807) is 18.2 Å². The molecule has 0 atom stereocenters. The first-order valence-electron chi connectivity index (χ1n) is 11.0. The first kappa shape index (κ1) is 26.6. The molecule has 3 rings (SSSR count). The molecule has 0 aliphatic heterocycles. The van der Waals surface area contributed by atoms with E-state index in [0.717, 1.165) is 29.4 Å². The number of likely N-dealkylation sites (N-methyl/N-ethyl adjacent to an activating group) is 1. The van der Waals surface area contributed by atoms with Crippen LogP contribution in [0.5, 0.6) is 5.75 Å². The number of hydrazone groups is 1. The van der Waals surface area contributed by atoms with Gasteiger partial charge in [-0.2, -0.15) is 10.1 Å². The maximum Gasteiger partial charge on any atom is 0.245 e. The highest BCUT2D eigenvalue weighted by molar-refractivity contribution is 6.34.